The first-order valence-electron chi connectivity index (χ1n) is 8.62. The lowest BCUT2D eigenvalue weighted by atomic mass is 10.1. The van der Waals surface area contributed by atoms with Crippen LogP contribution in [0.25, 0.3) is 16.9 Å². The van der Waals surface area contributed by atoms with Crippen molar-refractivity contribution in [3.05, 3.63) is 36.7 Å². The predicted molar refractivity (Wildman–Crippen MR) is 97.1 cm³/mol. The minimum atomic E-state index is 0.1000. The summed E-state index contributed by atoms with van der Waals surface area (Å²) in [7, 11) is 1.63. The molecule has 3 aromatic rings. The Morgan fingerprint density at radius 1 is 1.23 bits per heavy atom. The lowest BCUT2D eigenvalue weighted by molar-refractivity contribution is -0.128. The van der Waals surface area contributed by atoms with Gasteiger partial charge in [0.25, 0.3) is 0 Å². The van der Waals surface area contributed by atoms with Crippen molar-refractivity contribution in [2.45, 2.75) is 12.8 Å². The molecule has 134 valence electrons. The molecule has 1 aliphatic rings. The van der Waals surface area contributed by atoms with Gasteiger partial charge < -0.3 is 15.0 Å². The number of carbonyl (C=O) groups excluding carboxylic acids is 1. The van der Waals surface area contributed by atoms with Gasteiger partial charge in [0.05, 0.1) is 25.0 Å². The Hall–Kier alpha value is -3.16. The minimum Gasteiger partial charge on any atom is -0.497 e. The Kier molecular flexibility index (Phi) is 4.39. The first-order valence-corrected chi connectivity index (χ1v) is 8.62. The van der Waals surface area contributed by atoms with E-state index in [1.807, 2.05) is 35.2 Å². The Balaban J connectivity index is 1.60. The van der Waals surface area contributed by atoms with Crippen molar-refractivity contribution in [2.75, 3.05) is 32.1 Å². The number of nitrogens with zero attached hydrogens (tertiary/aromatic N) is 5. The number of anilines is 1. The van der Waals surface area contributed by atoms with Crippen LogP contribution in [-0.4, -0.2) is 57.4 Å². The van der Waals surface area contributed by atoms with Crippen LogP contribution in [0.15, 0.2) is 36.7 Å². The lowest BCUT2D eigenvalue weighted by Crippen LogP contribution is -2.33. The average molecular weight is 352 g/mol. The highest BCUT2D eigenvalue weighted by atomic mass is 16.5. The summed E-state index contributed by atoms with van der Waals surface area (Å²) in [6.07, 6.45) is 3.71. The van der Waals surface area contributed by atoms with Gasteiger partial charge in [-0.25, -0.2) is 0 Å². The summed E-state index contributed by atoms with van der Waals surface area (Å²) in [6.45, 7) is 1.91. The van der Waals surface area contributed by atoms with Crippen molar-refractivity contribution in [3.63, 3.8) is 0 Å². The van der Waals surface area contributed by atoms with Gasteiger partial charge in [0.15, 0.2) is 0 Å². The van der Waals surface area contributed by atoms with Crippen molar-refractivity contribution in [3.8, 4) is 17.0 Å². The molecule has 1 fully saturated rings. The van der Waals surface area contributed by atoms with Crippen molar-refractivity contribution in [1.29, 1.82) is 0 Å². The summed E-state index contributed by atoms with van der Waals surface area (Å²) in [5.41, 5.74) is 3.03. The number of carbonyl (C=O) groups is 1. The highest BCUT2D eigenvalue weighted by Gasteiger charge is 2.18. The molecule has 3 heterocycles. The van der Waals surface area contributed by atoms with Crippen LogP contribution in [0.1, 0.15) is 12.8 Å². The van der Waals surface area contributed by atoms with E-state index in [4.69, 9.17) is 4.74 Å². The zero-order valence-electron chi connectivity index (χ0n) is 14.6. The summed E-state index contributed by atoms with van der Waals surface area (Å²) >= 11 is 0. The molecule has 1 aliphatic heterocycles. The maximum absolute atomic E-state index is 12.3. The van der Waals surface area contributed by atoms with Crippen molar-refractivity contribution >= 4 is 17.2 Å². The molecule has 8 nitrogen and oxygen atoms in total. The zero-order valence-corrected chi connectivity index (χ0v) is 14.6. The molecule has 0 unspecified atom stereocenters. The molecule has 1 aromatic carbocycles. The van der Waals surface area contributed by atoms with Crippen molar-refractivity contribution in [1.82, 2.24) is 24.7 Å². The predicted octanol–water partition coefficient (Wildman–Crippen LogP) is 1.83. The van der Waals surface area contributed by atoms with Crippen LogP contribution < -0.4 is 10.1 Å². The van der Waals surface area contributed by atoms with Gasteiger partial charge in [-0.1, -0.05) is 0 Å². The number of hydrogen-bond acceptors (Lipinski definition) is 6. The molecule has 0 aliphatic carbocycles. The number of likely N-dealkylation sites (tertiary alicyclic amines) is 1. The van der Waals surface area contributed by atoms with Gasteiger partial charge >= 0.3 is 0 Å². The molecule has 0 saturated carbocycles. The molecule has 2 aromatic heterocycles. The molecule has 0 bridgehead atoms. The molecule has 0 atom stereocenters. The van der Waals surface area contributed by atoms with E-state index in [1.54, 1.807) is 18.0 Å². The van der Waals surface area contributed by atoms with Gasteiger partial charge in [-0.2, -0.15) is 9.61 Å². The van der Waals surface area contributed by atoms with E-state index in [9.17, 15) is 4.79 Å². The standard InChI is InChI=1S/C18H20N6O2/c1-26-14-6-4-13(5-7-14)15-10-16(18-21-20-12-24(18)22-15)19-11-17(25)23-8-2-3-9-23/h4-7,10,12,19H,2-3,8-9,11H2,1H3. The monoisotopic (exact) mass is 352 g/mol. The third-order valence-electron chi connectivity index (χ3n) is 4.54. The fraction of sp³-hybridized carbons (Fsp3) is 0.333. The first kappa shape index (κ1) is 16.3. The second-order valence-electron chi connectivity index (χ2n) is 6.21. The number of rotatable bonds is 5. The van der Waals surface area contributed by atoms with E-state index in [0.29, 0.717) is 5.65 Å². The highest BCUT2D eigenvalue weighted by Crippen LogP contribution is 2.25. The van der Waals surface area contributed by atoms with Gasteiger partial charge in [0.1, 0.15) is 12.1 Å². The van der Waals surface area contributed by atoms with Gasteiger partial charge in [-0.3, -0.25) is 4.79 Å². The number of fused-ring (bicyclic) bond motifs is 1. The third kappa shape index (κ3) is 3.17. The second-order valence-corrected chi connectivity index (χ2v) is 6.21. The fourth-order valence-electron chi connectivity index (χ4n) is 3.11. The zero-order chi connectivity index (χ0) is 17.9. The summed E-state index contributed by atoms with van der Waals surface area (Å²) < 4.78 is 6.81. The number of aromatic nitrogens is 4. The van der Waals surface area contributed by atoms with E-state index in [1.165, 1.54) is 0 Å². The Labute approximate surface area is 150 Å². The first-order chi connectivity index (χ1) is 12.7. The van der Waals surface area contributed by atoms with Gasteiger partial charge in [0.2, 0.25) is 11.6 Å². The van der Waals surface area contributed by atoms with Crippen molar-refractivity contribution < 1.29 is 9.53 Å². The molecule has 1 N–H and O–H groups in total. The highest BCUT2D eigenvalue weighted by molar-refractivity contribution is 5.83. The van der Waals surface area contributed by atoms with Crippen LogP contribution in [-0.2, 0) is 4.79 Å². The van der Waals surface area contributed by atoms with Crippen LogP contribution in [0.5, 0.6) is 5.75 Å². The smallest absolute Gasteiger partial charge is 0.241 e. The van der Waals surface area contributed by atoms with E-state index >= 15 is 0 Å². The molecular weight excluding hydrogens is 332 g/mol. The molecule has 26 heavy (non-hydrogen) atoms. The van der Waals surface area contributed by atoms with Crippen LogP contribution in [0.2, 0.25) is 0 Å². The fourth-order valence-corrected chi connectivity index (χ4v) is 3.11. The van der Waals surface area contributed by atoms with E-state index in [0.717, 1.165) is 48.6 Å². The van der Waals surface area contributed by atoms with E-state index in [2.05, 4.69) is 20.6 Å². The minimum absolute atomic E-state index is 0.1000. The Bertz CT molecular complexity index is 915. The molecular formula is C18H20N6O2. The molecule has 8 heteroatoms. The van der Waals surface area contributed by atoms with Crippen LogP contribution in [0.4, 0.5) is 5.69 Å². The van der Waals surface area contributed by atoms with E-state index < -0.39 is 0 Å². The molecule has 0 spiro atoms. The Morgan fingerprint density at radius 3 is 2.73 bits per heavy atom. The van der Waals surface area contributed by atoms with E-state index in [-0.39, 0.29) is 12.5 Å². The lowest BCUT2D eigenvalue weighted by Gasteiger charge is -2.16. The number of benzene rings is 1. The summed E-state index contributed by atoms with van der Waals surface area (Å²) in [5.74, 6) is 0.886. The van der Waals surface area contributed by atoms with Crippen LogP contribution in [0, 0.1) is 0 Å². The number of hydrogen-bond donors (Lipinski definition) is 1. The number of amides is 1. The maximum atomic E-state index is 12.3. The number of methoxy groups -OCH3 is 1. The molecule has 1 amide bonds. The van der Waals surface area contributed by atoms with Crippen molar-refractivity contribution in [2.24, 2.45) is 0 Å². The molecule has 0 radical (unpaired) electrons. The van der Waals surface area contributed by atoms with Gasteiger partial charge in [-0.15, -0.1) is 10.2 Å². The quantitative estimate of drug-likeness (QED) is 0.754. The summed E-state index contributed by atoms with van der Waals surface area (Å²) in [6, 6.07) is 9.55. The SMILES string of the molecule is COc1ccc(-c2cc(NCC(=O)N3CCCC3)c3nncn3n2)cc1. The molecule has 4 rings (SSSR count). The van der Waals surface area contributed by atoms with Gasteiger partial charge in [0, 0.05) is 18.7 Å². The number of ether oxygens (including phenoxy) is 1. The van der Waals surface area contributed by atoms with Crippen LogP contribution >= 0.6 is 0 Å². The van der Waals surface area contributed by atoms with Gasteiger partial charge in [-0.05, 0) is 43.2 Å². The molecule has 1 saturated heterocycles. The second kappa shape index (κ2) is 6.99. The summed E-state index contributed by atoms with van der Waals surface area (Å²) in [5, 5.41) is 15.8. The third-order valence-corrected chi connectivity index (χ3v) is 4.54. The maximum Gasteiger partial charge on any atom is 0.241 e. The van der Waals surface area contributed by atoms with Crippen LogP contribution in [0.3, 0.4) is 0 Å². The number of nitrogens with one attached hydrogen (secondary N) is 1. The average Bonchev–Trinajstić information content (AvgIpc) is 3.37. The topological polar surface area (TPSA) is 84.6 Å². The normalized spacial score (nSPS) is 14.0. The largest absolute Gasteiger partial charge is 0.497 e. The summed E-state index contributed by atoms with van der Waals surface area (Å²) in [4.78, 5) is 14.2. The Morgan fingerprint density at radius 2 is 2.00 bits per heavy atom.